The van der Waals surface area contributed by atoms with Crippen molar-refractivity contribution in [3.05, 3.63) is 51.2 Å². The van der Waals surface area contributed by atoms with Gasteiger partial charge in [0.2, 0.25) is 0 Å². The summed E-state index contributed by atoms with van der Waals surface area (Å²) >= 11 is 7.11. The van der Waals surface area contributed by atoms with Crippen LogP contribution in [-0.2, 0) is 6.61 Å². The van der Waals surface area contributed by atoms with Gasteiger partial charge in [0.25, 0.3) is 0 Å². The summed E-state index contributed by atoms with van der Waals surface area (Å²) in [5.41, 5.74) is 0.655. The van der Waals surface area contributed by atoms with Crippen molar-refractivity contribution in [1.29, 1.82) is 0 Å². The van der Waals surface area contributed by atoms with Gasteiger partial charge < -0.3 is 9.84 Å². The summed E-state index contributed by atoms with van der Waals surface area (Å²) in [4.78, 5) is 11.2. The van der Waals surface area contributed by atoms with E-state index in [1.807, 2.05) is 12.1 Å². The molecule has 0 unspecified atom stereocenters. The molecule has 0 saturated carbocycles. The molecule has 3 nitrogen and oxygen atoms in total. The largest absolute Gasteiger partial charge is 0.487 e. The highest BCUT2D eigenvalue weighted by molar-refractivity contribution is 7.12. The number of hydrogen-bond donors (Lipinski definition) is 1. The molecule has 88 valence electrons. The number of carbonyl (C=O) groups is 1. The molecule has 2 rings (SSSR count). The van der Waals surface area contributed by atoms with Gasteiger partial charge in [-0.3, -0.25) is 0 Å². The summed E-state index contributed by atoms with van der Waals surface area (Å²) in [6.07, 6.45) is 0. The van der Waals surface area contributed by atoms with Crippen LogP contribution in [0, 0.1) is 0 Å². The molecule has 0 radical (unpaired) electrons. The highest BCUT2D eigenvalue weighted by Crippen LogP contribution is 2.25. The van der Waals surface area contributed by atoms with Crippen LogP contribution in [0.25, 0.3) is 0 Å². The highest BCUT2D eigenvalue weighted by atomic mass is 35.5. The van der Waals surface area contributed by atoms with Crippen molar-refractivity contribution < 1.29 is 14.6 Å². The molecule has 17 heavy (non-hydrogen) atoms. The number of rotatable bonds is 4. The highest BCUT2D eigenvalue weighted by Gasteiger charge is 2.12. The number of thiophene rings is 1. The lowest BCUT2D eigenvalue weighted by Crippen LogP contribution is -2.01. The van der Waals surface area contributed by atoms with Gasteiger partial charge in [0, 0.05) is 5.56 Å². The third-order valence-electron chi connectivity index (χ3n) is 2.16. The Hall–Kier alpha value is -1.52. The van der Waals surface area contributed by atoms with Crippen molar-refractivity contribution in [3.63, 3.8) is 0 Å². The average molecular weight is 269 g/mol. The summed E-state index contributed by atoms with van der Waals surface area (Å²) in [7, 11) is 0. The molecular weight excluding hydrogens is 260 g/mol. The lowest BCUT2D eigenvalue weighted by Gasteiger charge is -2.07. The maximum absolute atomic E-state index is 10.9. The summed E-state index contributed by atoms with van der Waals surface area (Å²) in [5, 5.41) is 11.2. The molecule has 0 bridgehead atoms. The third-order valence-corrected chi connectivity index (χ3v) is 3.42. The number of aromatic carboxylic acids is 1. The van der Waals surface area contributed by atoms with Crippen molar-refractivity contribution in [2.45, 2.75) is 6.61 Å². The number of halogens is 1. The third kappa shape index (κ3) is 2.78. The van der Waals surface area contributed by atoms with E-state index in [2.05, 4.69) is 0 Å². The van der Waals surface area contributed by atoms with E-state index in [0.717, 1.165) is 0 Å². The minimum atomic E-state index is -0.933. The lowest BCUT2D eigenvalue weighted by molar-refractivity contribution is 0.0699. The van der Waals surface area contributed by atoms with E-state index in [1.54, 1.807) is 23.6 Å². The maximum atomic E-state index is 10.9. The fraction of sp³-hybridized carbons (Fsp3) is 0.0833. The van der Waals surface area contributed by atoms with Crippen LogP contribution < -0.4 is 4.74 Å². The van der Waals surface area contributed by atoms with Crippen LogP contribution in [-0.4, -0.2) is 11.1 Å². The Morgan fingerprint density at radius 1 is 1.35 bits per heavy atom. The van der Waals surface area contributed by atoms with Crippen LogP contribution in [0.4, 0.5) is 0 Å². The molecule has 5 heteroatoms. The van der Waals surface area contributed by atoms with Gasteiger partial charge in [0.05, 0.1) is 5.02 Å². The fourth-order valence-corrected chi connectivity index (χ4v) is 2.29. The van der Waals surface area contributed by atoms with Crippen LogP contribution in [0.5, 0.6) is 5.75 Å². The number of para-hydroxylation sites is 1. The van der Waals surface area contributed by atoms with Gasteiger partial charge in [-0.25, -0.2) is 4.79 Å². The second-order valence-corrected chi connectivity index (χ2v) is 4.62. The van der Waals surface area contributed by atoms with Crippen molar-refractivity contribution in [3.8, 4) is 5.75 Å². The molecule has 0 aliphatic rings. The van der Waals surface area contributed by atoms with E-state index in [9.17, 15) is 4.79 Å². The number of ether oxygens (including phenoxy) is 1. The first-order chi connectivity index (χ1) is 8.18. The van der Waals surface area contributed by atoms with Gasteiger partial charge >= 0.3 is 5.97 Å². The van der Waals surface area contributed by atoms with E-state index < -0.39 is 5.97 Å². The minimum Gasteiger partial charge on any atom is -0.487 e. The minimum absolute atomic E-state index is 0.203. The van der Waals surface area contributed by atoms with E-state index in [0.29, 0.717) is 21.2 Å². The van der Waals surface area contributed by atoms with Crippen LogP contribution >= 0.6 is 22.9 Å². The molecule has 0 atom stereocenters. The van der Waals surface area contributed by atoms with Crippen molar-refractivity contribution >= 4 is 28.9 Å². The Balaban J connectivity index is 2.10. The predicted molar refractivity (Wildman–Crippen MR) is 67.1 cm³/mol. The zero-order valence-corrected chi connectivity index (χ0v) is 10.3. The molecule has 0 aliphatic carbocycles. The SMILES string of the molecule is O=C(O)c1sccc1COc1ccccc1Cl. The van der Waals surface area contributed by atoms with Crippen LogP contribution in [0.2, 0.25) is 5.02 Å². The van der Waals surface area contributed by atoms with E-state index in [1.165, 1.54) is 11.3 Å². The quantitative estimate of drug-likeness (QED) is 0.920. The molecule has 0 aliphatic heterocycles. The Kier molecular flexibility index (Phi) is 3.66. The molecule has 1 aromatic heterocycles. The van der Waals surface area contributed by atoms with Crippen LogP contribution in [0.15, 0.2) is 35.7 Å². The summed E-state index contributed by atoms with van der Waals surface area (Å²) < 4.78 is 5.48. The van der Waals surface area contributed by atoms with Crippen LogP contribution in [0.3, 0.4) is 0 Å². The number of carboxylic acids is 1. The number of hydrogen-bond acceptors (Lipinski definition) is 3. The first-order valence-corrected chi connectivity index (χ1v) is 6.11. The molecule has 1 aromatic carbocycles. The van der Waals surface area contributed by atoms with E-state index in [-0.39, 0.29) is 6.61 Å². The molecule has 0 spiro atoms. The standard InChI is InChI=1S/C12H9ClO3S/c13-9-3-1-2-4-10(9)16-7-8-5-6-17-11(8)12(14)15/h1-6H,7H2,(H,14,15). The van der Waals surface area contributed by atoms with Crippen LogP contribution in [0.1, 0.15) is 15.2 Å². The van der Waals surface area contributed by atoms with Gasteiger partial charge in [0.1, 0.15) is 17.2 Å². The molecule has 0 amide bonds. The zero-order valence-electron chi connectivity index (χ0n) is 8.72. The second kappa shape index (κ2) is 5.21. The maximum Gasteiger partial charge on any atom is 0.346 e. The van der Waals surface area contributed by atoms with Crippen molar-refractivity contribution in [1.82, 2.24) is 0 Å². The van der Waals surface area contributed by atoms with Gasteiger partial charge in [0.15, 0.2) is 0 Å². The topological polar surface area (TPSA) is 46.5 Å². The number of carboxylic acid groups (broad SMARTS) is 1. The lowest BCUT2D eigenvalue weighted by atomic mass is 10.2. The summed E-state index contributed by atoms with van der Waals surface area (Å²) in [6, 6.07) is 8.83. The smallest absolute Gasteiger partial charge is 0.346 e. The molecular formula is C12H9ClO3S. The van der Waals surface area contributed by atoms with Crippen molar-refractivity contribution in [2.75, 3.05) is 0 Å². The molecule has 0 fully saturated rings. The van der Waals surface area contributed by atoms with Gasteiger partial charge in [-0.2, -0.15) is 0 Å². The first-order valence-electron chi connectivity index (χ1n) is 4.85. The summed E-state index contributed by atoms with van der Waals surface area (Å²) in [6.45, 7) is 0.203. The Labute approximate surface area is 107 Å². The molecule has 1 heterocycles. The van der Waals surface area contributed by atoms with E-state index >= 15 is 0 Å². The first kappa shape index (κ1) is 12.0. The molecule has 2 aromatic rings. The van der Waals surface area contributed by atoms with Gasteiger partial charge in [-0.15, -0.1) is 11.3 Å². The normalized spacial score (nSPS) is 10.2. The Bertz CT molecular complexity index is 536. The monoisotopic (exact) mass is 268 g/mol. The zero-order chi connectivity index (χ0) is 12.3. The van der Waals surface area contributed by atoms with Gasteiger partial charge in [-0.1, -0.05) is 23.7 Å². The Morgan fingerprint density at radius 2 is 2.12 bits per heavy atom. The predicted octanol–water partition coefficient (Wildman–Crippen LogP) is 3.68. The molecule has 0 saturated heterocycles. The summed E-state index contributed by atoms with van der Waals surface area (Å²) in [5.74, 6) is -0.380. The fourth-order valence-electron chi connectivity index (χ4n) is 1.35. The second-order valence-electron chi connectivity index (χ2n) is 3.30. The molecule has 1 N–H and O–H groups in total. The average Bonchev–Trinajstić information content (AvgIpc) is 2.76. The van der Waals surface area contributed by atoms with Crippen molar-refractivity contribution in [2.24, 2.45) is 0 Å². The number of benzene rings is 1. The van der Waals surface area contributed by atoms with E-state index in [4.69, 9.17) is 21.4 Å². The Morgan fingerprint density at radius 3 is 2.82 bits per heavy atom. The van der Waals surface area contributed by atoms with Gasteiger partial charge in [-0.05, 0) is 23.6 Å².